The Bertz CT molecular complexity index is 490. The van der Waals surface area contributed by atoms with Gasteiger partial charge >= 0.3 is 7.60 Å². The van der Waals surface area contributed by atoms with E-state index in [0.29, 0.717) is 0 Å². The normalized spacial score (nSPS) is 16.9. The molecular formula is C14H27N2O6P. The van der Waals surface area contributed by atoms with Crippen LogP contribution in [0, 0.1) is 0 Å². The second-order valence-electron chi connectivity index (χ2n) is 5.61. The maximum absolute atomic E-state index is 12.7. The van der Waals surface area contributed by atoms with Crippen molar-refractivity contribution in [2.75, 3.05) is 28.2 Å². The number of carbonyl (C=O) groups excluding carboxylic acids is 2. The summed E-state index contributed by atoms with van der Waals surface area (Å²) < 4.78 is 23.3. The van der Waals surface area contributed by atoms with E-state index in [4.69, 9.17) is 9.05 Å². The molecule has 0 aromatic carbocycles. The van der Waals surface area contributed by atoms with Crippen LogP contribution in [0.25, 0.3) is 0 Å². The van der Waals surface area contributed by atoms with E-state index in [1.807, 2.05) is 0 Å². The summed E-state index contributed by atoms with van der Waals surface area (Å²) >= 11 is 0. The number of allylic oxidation sites excluding steroid dienone is 1. The fourth-order valence-electron chi connectivity index (χ4n) is 1.62. The van der Waals surface area contributed by atoms with E-state index in [1.54, 1.807) is 20.8 Å². The van der Waals surface area contributed by atoms with Gasteiger partial charge in [0.15, 0.2) is 12.2 Å². The lowest BCUT2D eigenvalue weighted by atomic mass is 10.1. The summed E-state index contributed by atoms with van der Waals surface area (Å²) in [6, 6.07) is 0. The molecule has 0 aliphatic heterocycles. The van der Waals surface area contributed by atoms with Gasteiger partial charge in [-0.2, -0.15) is 0 Å². The van der Waals surface area contributed by atoms with Gasteiger partial charge in [0.2, 0.25) is 0 Å². The van der Waals surface area contributed by atoms with Gasteiger partial charge in [-0.1, -0.05) is 6.08 Å². The third kappa shape index (κ3) is 6.83. The minimum Gasteiger partial charge on any atom is -0.380 e. The van der Waals surface area contributed by atoms with Crippen molar-refractivity contribution in [1.82, 2.24) is 9.80 Å². The van der Waals surface area contributed by atoms with Crippen LogP contribution in [-0.4, -0.2) is 73.2 Å². The Morgan fingerprint density at radius 3 is 1.87 bits per heavy atom. The van der Waals surface area contributed by atoms with Gasteiger partial charge in [-0.25, -0.2) is 0 Å². The molecule has 23 heavy (non-hydrogen) atoms. The molecular weight excluding hydrogens is 323 g/mol. The molecule has 1 N–H and O–H groups in total. The average Bonchev–Trinajstić information content (AvgIpc) is 2.41. The molecule has 2 amide bonds. The molecule has 0 heterocycles. The van der Waals surface area contributed by atoms with E-state index in [1.165, 1.54) is 40.1 Å². The summed E-state index contributed by atoms with van der Waals surface area (Å²) in [4.78, 5) is 26.5. The number of carbonyl (C=O) groups is 2. The number of hydrogen-bond acceptors (Lipinski definition) is 6. The van der Waals surface area contributed by atoms with Crippen molar-refractivity contribution in [3.63, 3.8) is 0 Å². The van der Waals surface area contributed by atoms with E-state index in [9.17, 15) is 19.3 Å². The van der Waals surface area contributed by atoms with Crippen molar-refractivity contribution in [2.45, 2.75) is 39.1 Å². The molecule has 1 unspecified atom stereocenters. The first kappa shape index (κ1) is 21.8. The number of aliphatic hydroxyl groups excluding tert-OH is 1. The van der Waals surface area contributed by atoms with Crippen LogP contribution >= 0.6 is 7.60 Å². The van der Waals surface area contributed by atoms with Gasteiger partial charge in [-0.15, -0.1) is 0 Å². The van der Waals surface area contributed by atoms with Crippen LogP contribution in [0.5, 0.6) is 0 Å². The van der Waals surface area contributed by atoms with Crippen LogP contribution in [0.15, 0.2) is 11.9 Å². The number of hydrogen-bond donors (Lipinski definition) is 1. The molecule has 0 aliphatic rings. The first-order valence-electron chi connectivity index (χ1n) is 7.16. The van der Waals surface area contributed by atoms with E-state index >= 15 is 0 Å². The van der Waals surface area contributed by atoms with E-state index in [-0.39, 0.29) is 0 Å². The summed E-state index contributed by atoms with van der Waals surface area (Å²) in [6.07, 6.45) is -2.41. The predicted molar refractivity (Wildman–Crippen MR) is 86.9 cm³/mol. The molecule has 134 valence electrons. The maximum atomic E-state index is 12.7. The van der Waals surface area contributed by atoms with E-state index in [0.717, 1.165) is 9.80 Å². The minimum atomic E-state index is -3.81. The van der Waals surface area contributed by atoms with Gasteiger partial charge in [0.1, 0.15) is 0 Å². The molecule has 0 aromatic rings. The SMILES string of the molecule is C/C=C\P(=O)(OC(C)C)O[C@@H](C(=O)N(C)C)[C@@H](O)C(=O)N(C)C. The second kappa shape index (κ2) is 9.17. The van der Waals surface area contributed by atoms with Crippen molar-refractivity contribution in [2.24, 2.45) is 0 Å². The number of rotatable bonds is 8. The maximum Gasteiger partial charge on any atom is 0.354 e. The van der Waals surface area contributed by atoms with Crippen LogP contribution < -0.4 is 0 Å². The van der Waals surface area contributed by atoms with Crippen LogP contribution in [-0.2, 0) is 23.2 Å². The number of amides is 2. The van der Waals surface area contributed by atoms with Gasteiger partial charge in [-0.05, 0) is 20.8 Å². The Kier molecular flexibility index (Phi) is 8.69. The third-order valence-corrected chi connectivity index (χ3v) is 4.51. The Labute approximate surface area is 137 Å². The highest BCUT2D eigenvalue weighted by Gasteiger charge is 2.40. The third-order valence-electron chi connectivity index (χ3n) is 2.61. The molecule has 3 atom stereocenters. The van der Waals surface area contributed by atoms with Crippen LogP contribution in [0.2, 0.25) is 0 Å². The average molecular weight is 350 g/mol. The lowest BCUT2D eigenvalue weighted by Gasteiger charge is -2.29. The zero-order valence-corrected chi connectivity index (χ0v) is 15.6. The van der Waals surface area contributed by atoms with E-state index < -0.39 is 37.7 Å². The van der Waals surface area contributed by atoms with Crippen molar-refractivity contribution >= 4 is 19.4 Å². The summed E-state index contributed by atoms with van der Waals surface area (Å²) in [5, 5.41) is 10.2. The highest BCUT2D eigenvalue weighted by Crippen LogP contribution is 2.52. The number of nitrogens with zero attached hydrogens (tertiary/aromatic N) is 2. The number of aliphatic hydroxyl groups is 1. The van der Waals surface area contributed by atoms with Crippen molar-refractivity contribution in [1.29, 1.82) is 0 Å². The molecule has 0 saturated carbocycles. The smallest absolute Gasteiger partial charge is 0.354 e. The topological polar surface area (TPSA) is 96.4 Å². The zero-order valence-electron chi connectivity index (χ0n) is 14.7. The monoisotopic (exact) mass is 350 g/mol. The molecule has 0 rings (SSSR count). The summed E-state index contributed by atoms with van der Waals surface area (Å²) in [7, 11) is 1.93. The molecule has 8 nitrogen and oxygen atoms in total. The van der Waals surface area contributed by atoms with Crippen molar-refractivity contribution < 1.29 is 28.3 Å². The quantitative estimate of drug-likeness (QED) is 0.658. The summed E-state index contributed by atoms with van der Waals surface area (Å²) in [5.41, 5.74) is 0. The Morgan fingerprint density at radius 2 is 1.52 bits per heavy atom. The second-order valence-corrected chi connectivity index (χ2v) is 7.41. The predicted octanol–water partition coefficient (Wildman–Crippen LogP) is 1.06. The molecule has 0 bridgehead atoms. The largest absolute Gasteiger partial charge is 0.380 e. The van der Waals surface area contributed by atoms with Crippen LogP contribution in [0.4, 0.5) is 0 Å². The number of likely N-dealkylation sites (N-methyl/N-ethyl adjacent to an activating group) is 2. The van der Waals surface area contributed by atoms with Crippen LogP contribution in [0.1, 0.15) is 20.8 Å². The minimum absolute atomic E-state index is 0.436. The fraction of sp³-hybridized carbons (Fsp3) is 0.714. The molecule has 0 saturated heterocycles. The highest BCUT2D eigenvalue weighted by molar-refractivity contribution is 7.57. The Morgan fingerprint density at radius 1 is 1.04 bits per heavy atom. The first-order chi connectivity index (χ1) is 10.4. The summed E-state index contributed by atoms with van der Waals surface area (Å²) in [5.74, 6) is -0.234. The molecule has 0 fully saturated rings. The van der Waals surface area contributed by atoms with Gasteiger partial charge in [0.25, 0.3) is 11.8 Å². The van der Waals surface area contributed by atoms with Gasteiger partial charge < -0.3 is 19.4 Å². The fourth-order valence-corrected chi connectivity index (χ4v) is 3.28. The molecule has 0 radical (unpaired) electrons. The zero-order chi connectivity index (χ0) is 18.4. The van der Waals surface area contributed by atoms with Crippen molar-refractivity contribution in [3.05, 3.63) is 11.9 Å². The lowest BCUT2D eigenvalue weighted by molar-refractivity contribution is -0.153. The van der Waals surface area contributed by atoms with Crippen LogP contribution in [0.3, 0.4) is 0 Å². The van der Waals surface area contributed by atoms with Gasteiger partial charge in [0, 0.05) is 34.0 Å². The highest BCUT2D eigenvalue weighted by atomic mass is 31.2. The Hall–Kier alpha value is -1.21. The Balaban J connectivity index is 5.64. The summed E-state index contributed by atoms with van der Waals surface area (Å²) in [6.45, 7) is 4.93. The van der Waals surface area contributed by atoms with Gasteiger partial charge in [-0.3, -0.25) is 18.7 Å². The lowest BCUT2D eigenvalue weighted by Crippen LogP contribution is -2.49. The molecule has 0 aliphatic carbocycles. The molecule has 0 aromatic heterocycles. The van der Waals surface area contributed by atoms with Crippen molar-refractivity contribution in [3.8, 4) is 0 Å². The first-order valence-corrected chi connectivity index (χ1v) is 8.77. The molecule has 0 spiro atoms. The van der Waals surface area contributed by atoms with Gasteiger partial charge in [0.05, 0.1) is 6.10 Å². The standard InChI is InChI=1S/C14H27N2O6P/c1-8-9-23(20,21-10(2)3)22-12(14(19)16(6)7)11(17)13(18)15(4)5/h8-12,17H,1-7H3/b9-8-/t11-,12-,23?/m1/s1. The molecule has 9 heteroatoms. The van der Waals surface area contributed by atoms with E-state index in [2.05, 4.69) is 0 Å².